The molecule has 1 aromatic heterocycles. The maximum absolute atomic E-state index is 12.7. The minimum absolute atomic E-state index is 0.361. The molecule has 0 spiro atoms. The molecule has 0 aliphatic carbocycles. The summed E-state index contributed by atoms with van der Waals surface area (Å²) in [5.41, 5.74) is 1.05. The van der Waals surface area contributed by atoms with Crippen LogP contribution in [0.25, 0.3) is 0 Å². The highest BCUT2D eigenvalue weighted by atomic mass is 16.5. The molecular formula is C20H33N3O2. The molecule has 25 heavy (non-hydrogen) atoms. The minimum Gasteiger partial charge on any atom is -0.361 e. The van der Waals surface area contributed by atoms with Gasteiger partial charge in [0.15, 0.2) is 0 Å². The van der Waals surface area contributed by atoms with Gasteiger partial charge in [-0.15, -0.1) is 0 Å². The van der Waals surface area contributed by atoms with Gasteiger partial charge in [0.25, 0.3) is 0 Å². The van der Waals surface area contributed by atoms with Crippen molar-refractivity contribution in [1.82, 2.24) is 15.4 Å². The van der Waals surface area contributed by atoms with Crippen molar-refractivity contribution >= 4 is 5.91 Å². The SMILES string of the molecule is CCCCc1cc(C[C@@H]2CNCC[C@H]2CC(=O)N2CCCCC2)no1. The molecule has 1 aromatic rings. The van der Waals surface area contributed by atoms with Gasteiger partial charge in [-0.3, -0.25) is 4.79 Å². The second-order valence-electron chi connectivity index (χ2n) is 7.75. The number of aryl methyl sites for hydroxylation is 1. The van der Waals surface area contributed by atoms with Crippen LogP contribution >= 0.6 is 0 Å². The molecule has 0 radical (unpaired) electrons. The maximum Gasteiger partial charge on any atom is 0.222 e. The molecule has 0 aromatic carbocycles. The van der Waals surface area contributed by atoms with E-state index in [1.54, 1.807) is 0 Å². The number of rotatable bonds is 7. The molecule has 2 atom stereocenters. The smallest absolute Gasteiger partial charge is 0.222 e. The summed E-state index contributed by atoms with van der Waals surface area (Å²) in [7, 11) is 0. The average Bonchev–Trinajstić information content (AvgIpc) is 3.09. The van der Waals surface area contributed by atoms with Crippen molar-refractivity contribution in [3.05, 3.63) is 17.5 Å². The van der Waals surface area contributed by atoms with Crippen molar-refractivity contribution in [2.45, 2.75) is 64.7 Å². The van der Waals surface area contributed by atoms with Gasteiger partial charge < -0.3 is 14.7 Å². The summed E-state index contributed by atoms with van der Waals surface area (Å²) in [6.07, 6.45) is 9.60. The number of aromatic nitrogens is 1. The lowest BCUT2D eigenvalue weighted by molar-refractivity contribution is -0.133. The van der Waals surface area contributed by atoms with Gasteiger partial charge in [-0.2, -0.15) is 0 Å². The number of hydrogen-bond donors (Lipinski definition) is 1. The lowest BCUT2D eigenvalue weighted by Gasteiger charge is -2.34. The van der Waals surface area contributed by atoms with Crippen molar-refractivity contribution in [2.75, 3.05) is 26.2 Å². The standard InChI is InChI=1S/C20H33N3O2/c1-2-3-7-19-14-18(22-25-19)12-17-15-21-9-8-16(17)13-20(24)23-10-5-4-6-11-23/h14,16-17,21H,2-13,15H2,1H3/t16-,17+/m0/s1. The Hall–Kier alpha value is -1.36. The highest BCUT2D eigenvalue weighted by Gasteiger charge is 2.30. The third-order valence-corrected chi connectivity index (χ3v) is 5.77. The van der Waals surface area contributed by atoms with Crippen molar-refractivity contribution < 1.29 is 9.32 Å². The lowest BCUT2D eigenvalue weighted by atomic mass is 9.81. The van der Waals surface area contributed by atoms with Crippen LogP contribution in [0.3, 0.4) is 0 Å². The summed E-state index contributed by atoms with van der Waals surface area (Å²) in [6, 6.07) is 2.12. The van der Waals surface area contributed by atoms with Crippen molar-refractivity contribution in [3.63, 3.8) is 0 Å². The number of nitrogens with zero attached hydrogens (tertiary/aromatic N) is 2. The zero-order chi connectivity index (χ0) is 17.5. The van der Waals surface area contributed by atoms with Gasteiger partial charge in [0.2, 0.25) is 5.91 Å². The monoisotopic (exact) mass is 347 g/mol. The Balaban J connectivity index is 1.55. The Morgan fingerprint density at radius 2 is 2.16 bits per heavy atom. The third kappa shape index (κ3) is 5.30. The summed E-state index contributed by atoms with van der Waals surface area (Å²) >= 11 is 0. The second kappa shape index (κ2) is 9.37. The first-order valence-electron chi connectivity index (χ1n) is 10.2. The van der Waals surface area contributed by atoms with Gasteiger partial charge in [0.1, 0.15) is 5.76 Å². The molecule has 0 saturated carbocycles. The topological polar surface area (TPSA) is 58.4 Å². The second-order valence-corrected chi connectivity index (χ2v) is 7.75. The van der Waals surface area contributed by atoms with Gasteiger partial charge in [-0.05, 0) is 63.5 Å². The molecule has 2 saturated heterocycles. The highest BCUT2D eigenvalue weighted by Crippen LogP contribution is 2.27. The summed E-state index contributed by atoms with van der Waals surface area (Å²) in [5.74, 6) is 2.31. The fraction of sp³-hybridized carbons (Fsp3) is 0.800. The summed E-state index contributed by atoms with van der Waals surface area (Å²) in [4.78, 5) is 14.7. The molecule has 5 nitrogen and oxygen atoms in total. The molecule has 1 amide bonds. The lowest BCUT2D eigenvalue weighted by Crippen LogP contribution is -2.42. The van der Waals surface area contributed by atoms with E-state index in [0.29, 0.717) is 24.2 Å². The summed E-state index contributed by atoms with van der Waals surface area (Å²) < 4.78 is 5.47. The van der Waals surface area contributed by atoms with E-state index in [-0.39, 0.29) is 0 Å². The van der Waals surface area contributed by atoms with E-state index >= 15 is 0 Å². The predicted molar refractivity (Wildman–Crippen MR) is 98.3 cm³/mol. The predicted octanol–water partition coefficient (Wildman–Crippen LogP) is 3.19. The molecule has 2 aliphatic rings. The first-order valence-corrected chi connectivity index (χ1v) is 10.2. The molecule has 1 N–H and O–H groups in total. The van der Waals surface area contributed by atoms with Crippen molar-refractivity contribution in [2.24, 2.45) is 11.8 Å². The van der Waals surface area contributed by atoms with Crippen LogP contribution < -0.4 is 5.32 Å². The zero-order valence-corrected chi connectivity index (χ0v) is 15.6. The Morgan fingerprint density at radius 3 is 2.96 bits per heavy atom. The Bertz CT molecular complexity index is 537. The number of hydrogen-bond acceptors (Lipinski definition) is 4. The fourth-order valence-electron chi connectivity index (χ4n) is 4.17. The van der Waals surface area contributed by atoms with Crippen LogP contribution in [0.15, 0.2) is 10.6 Å². The third-order valence-electron chi connectivity index (χ3n) is 5.77. The van der Waals surface area contributed by atoms with Gasteiger partial charge in [-0.25, -0.2) is 0 Å². The number of carbonyl (C=O) groups excluding carboxylic acids is 1. The number of unbranched alkanes of at least 4 members (excludes halogenated alkanes) is 1. The fourth-order valence-corrected chi connectivity index (χ4v) is 4.17. The Kier molecular flexibility index (Phi) is 6.91. The minimum atomic E-state index is 0.361. The number of carbonyl (C=O) groups is 1. The van der Waals surface area contributed by atoms with Gasteiger partial charge in [0.05, 0.1) is 5.69 Å². The van der Waals surface area contributed by atoms with Gasteiger partial charge in [-0.1, -0.05) is 18.5 Å². The molecule has 3 heterocycles. The van der Waals surface area contributed by atoms with Crippen molar-refractivity contribution in [3.8, 4) is 0 Å². The number of likely N-dealkylation sites (tertiary alicyclic amines) is 1. The Labute approximate surface area is 151 Å². The van der Waals surface area contributed by atoms with E-state index in [1.807, 2.05) is 0 Å². The quantitative estimate of drug-likeness (QED) is 0.823. The van der Waals surface area contributed by atoms with Crippen LogP contribution in [0, 0.1) is 11.8 Å². The number of amides is 1. The van der Waals surface area contributed by atoms with Crippen molar-refractivity contribution in [1.29, 1.82) is 0 Å². The van der Waals surface area contributed by atoms with E-state index in [4.69, 9.17) is 4.52 Å². The van der Waals surface area contributed by atoms with Crippen LogP contribution in [-0.2, 0) is 17.6 Å². The first kappa shape index (κ1) is 18.4. The average molecular weight is 348 g/mol. The van der Waals surface area contributed by atoms with Crippen LogP contribution in [0.4, 0.5) is 0 Å². The summed E-state index contributed by atoms with van der Waals surface area (Å²) in [6.45, 7) is 6.11. The van der Waals surface area contributed by atoms with E-state index in [0.717, 1.165) is 63.3 Å². The first-order chi connectivity index (χ1) is 12.3. The normalized spacial score (nSPS) is 24.4. The molecule has 5 heteroatoms. The van der Waals surface area contributed by atoms with Gasteiger partial charge >= 0.3 is 0 Å². The molecule has 2 aliphatic heterocycles. The molecular weight excluding hydrogens is 314 g/mol. The zero-order valence-electron chi connectivity index (χ0n) is 15.6. The summed E-state index contributed by atoms with van der Waals surface area (Å²) in [5, 5.41) is 7.76. The van der Waals surface area contributed by atoms with Crippen LogP contribution in [0.2, 0.25) is 0 Å². The molecule has 140 valence electrons. The van der Waals surface area contributed by atoms with Crippen LogP contribution in [0.5, 0.6) is 0 Å². The highest BCUT2D eigenvalue weighted by molar-refractivity contribution is 5.76. The van der Waals surface area contributed by atoms with E-state index < -0.39 is 0 Å². The van der Waals surface area contributed by atoms with Crippen LogP contribution in [-0.4, -0.2) is 42.1 Å². The number of piperidine rings is 2. The van der Waals surface area contributed by atoms with E-state index in [9.17, 15) is 4.79 Å². The molecule has 0 bridgehead atoms. The van der Waals surface area contributed by atoms with Gasteiger partial charge in [0, 0.05) is 32.0 Å². The maximum atomic E-state index is 12.7. The Morgan fingerprint density at radius 1 is 1.32 bits per heavy atom. The van der Waals surface area contributed by atoms with E-state index in [2.05, 4.69) is 28.4 Å². The largest absolute Gasteiger partial charge is 0.361 e. The van der Waals surface area contributed by atoms with Crippen LogP contribution in [0.1, 0.15) is 63.3 Å². The molecule has 0 unspecified atom stereocenters. The van der Waals surface area contributed by atoms with E-state index in [1.165, 1.54) is 25.7 Å². The molecule has 3 rings (SSSR count). The molecule has 2 fully saturated rings. The number of nitrogens with one attached hydrogen (secondary N) is 1.